The van der Waals surface area contributed by atoms with Crippen molar-refractivity contribution in [3.8, 4) is 32.7 Å². The summed E-state index contributed by atoms with van der Waals surface area (Å²) in [5, 5.41) is 42.0. The SMILES string of the molecule is N#Cc1ccc(-c2ccc(-c3ccc(N(CC(=O)[O-])CC(=O)[O-])c(OCC(=O)[O-])c3)s2)cc1.[Cs+].[Cs+].[Cs+]. The first-order chi connectivity index (χ1) is 15.8. The molecule has 0 aliphatic rings. The summed E-state index contributed by atoms with van der Waals surface area (Å²) in [6.45, 7) is -2.35. The molecule has 1 heterocycles. The summed E-state index contributed by atoms with van der Waals surface area (Å²) in [4.78, 5) is 35.7. The van der Waals surface area contributed by atoms with Gasteiger partial charge in [0.2, 0.25) is 0 Å². The molecule has 0 radical (unpaired) electrons. The Morgan fingerprint density at radius 2 is 1.33 bits per heavy atom. The number of hydrogen-bond acceptors (Lipinski definition) is 10. The van der Waals surface area contributed by atoms with Gasteiger partial charge >= 0.3 is 207 Å². The summed E-state index contributed by atoms with van der Waals surface area (Å²) in [6, 6.07) is 17.4. The number of rotatable bonds is 10. The van der Waals surface area contributed by atoms with Crippen LogP contribution in [-0.2, 0) is 14.4 Å². The number of carboxylic acids is 3. The second-order valence-corrected chi connectivity index (χ2v) is 7.88. The quantitative estimate of drug-likeness (QED) is 0.193. The Morgan fingerprint density at radius 3 is 1.83 bits per heavy atom. The Kier molecular flexibility index (Phi) is 20.0. The van der Waals surface area contributed by atoms with Crippen LogP contribution in [0.15, 0.2) is 54.6 Å². The van der Waals surface area contributed by atoms with Crippen LogP contribution in [0.1, 0.15) is 5.56 Å². The van der Waals surface area contributed by atoms with Gasteiger partial charge in [-0.25, -0.2) is 0 Å². The maximum absolute atomic E-state index is 11.1. The number of carbonyl (C=O) groups is 3. The molecule has 1 aromatic heterocycles. The average molecular weight is 862 g/mol. The van der Waals surface area contributed by atoms with Crippen molar-refractivity contribution in [3.05, 3.63) is 60.2 Å². The molecule has 9 nitrogen and oxygen atoms in total. The number of carboxylic acid groups (broad SMARTS) is 3. The number of aliphatic carboxylic acids is 3. The first kappa shape index (κ1) is 37.8. The number of thiophene rings is 1. The number of benzene rings is 2. The zero-order valence-corrected chi connectivity index (χ0v) is 39.6. The van der Waals surface area contributed by atoms with Crippen LogP contribution < -0.4 is 232 Å². The molecule has 3 rings (SSSR count). The van der Waals surface area contributed by atoms with E-state index in [4.69, 9.17) is 10.00 Å². The topological polar surface area (TPSA) is 157 Å². The number of nitriles is 1. The van der Waals surface area contributed by atoms with Crippen molar-refractivity contribution in [2.75, 3.05) is 24.6 Å². The van der Waals surface area contributed by atoms with Crippen LogP contribution in [0.25, 0.3) is 20.9 Å². The third kappa shape index (κ3) is 11.7. The van der Waals surface area contributed by atoms with Gasteiger partial charge in [-0.2, -0.15) is 5.26 Å². The van der Waals surface area contributed by atoms with E-state index in [0.29, 0.717) is 11.1 Å². The van der Waals surface area contributed by atoms with E-state index in [9.17, 15) is 29.7 Å². The van der Waals surface area contributed by atoms with Gasteiger partial charge in [0, 0.05) is 9.75 Å². The van der Waals surface area contributed by atoms with Gasteiger partial charge < -0.3 is 39.3 Å². The van der Waals surface area contributed by atoms with E-state index >= 15 is 0 Å². The van der Waals surface area contributed by atoms with Gasteiger partial charge in [-0.15, -0.1) is 11.3 Å². The molecule has 13 heteroatoms. The van der Waals surface area contributed by atoms with Crippen LogP contribution in [0, 0.1) is 11.3 Å². The third-order valence-electron chi connectivity index (χ3n) is 4.47. The molecule has 168 valence electrons. The van der Waals surface area contributed by atoms with E-state index in [1.165, 1.54) is 23.5 Å². The molecule has 0 saturated heterocycles. The number of hydrogen-bond donors (Lipinski definition) is 0. The molecule has 0 aliphatic heterocycles. The Balaban J connectivity index is 0.00000408. The van der Waals surface area contributed by atoms with E-state index in [1.54, 1.807) is 18.2 Å². The van der Waals surface area contributed by atoms with E-state index in [0.717, 1.165) is 20.2 Å². The van der Waals surface area contributed by atoms with E-state index in [-0.39, 0.29) is 218 Å². The molecule has 0 amide bonds. The number of ether oxygens (including phenoxy) is 1. The minimum absolute atomic E-state index is 0. The summed E-state index contributed by atoms with van der Waals surface area (Å²) in [7, 11) is 0. The molecule has 0 aliphatic carbocycles. The van der Waals surface area contributed by atoms with Crippen molar-refractivity contribution in [1.82, 2.24) is 0 Å². The summed E-state index contributed by atoms with van der Waals surface area (Å²) >= 11 is 1.43. The monoisotopic (exact) mass is 862 g/mol. The third-order valence-corrected chi connectivity index (χ3v) is 5.66. The Morgan fingerprint density at radius 1 is 0.806 bits per heavy atom. The largest absolute Gasteiger partial charge is 1.00 e. The number of carbonyl (C=O) groups excluding carboxylic acids is 3. The molecular formula is C23H15Cs3N2O7S. The van der Waals surface area contributed by atoms with Gasteiger partial charge in [0.15, 0.2) is 0 Å². The maximum atomic E-state index is 11.1. The fourth-order valence-corrected chi connectivity index (χ4v) is 4.08. The Hall–Kier alpha value is 1.80. The summed E-state index contributed by atoms with van der Waals surface area (Å²) in [5.41, 5.74) is 2.14. The van der Waals surface area contributed by atoms with Crippen molar-refractivity contribution in [1.29, 1.82) is 5.26 Å². The smallest absolute Gasteiger partial charge is 0.548 e. The van der Waals surface area contributed by atoms with Crippen molar-refractivity contribution in [2.24, 2.45) is 0 Å². The second kappa shape index (κ2) is 19.0. The minimum Gasteiger partial charge on any atom is -0.548 e. The average Bonchev–Trinajstić information content (AvgIpc) is 3.27. The molecule has 2 aromatic carbocycles. The molecule has 0 bridgehead atoms. The van der Waals surface area contributed by atoms with Crippen LogP contribution in [0.4, 0.5) is 5.69 Å². The van der Waals surface area contributed by atoms with Gasteiger partial charge in [-0.1, -0.05) is 18.2 Å². The van der Waals surface area contributed by atoms with Crippen LogP contribution in [0.2, 0.25) is 0 Å². The first-order valence-electron chi connectivity index (χ1n) is 9.49. The van der Waals surface area contributed by atoms with Crippen LogP contribution in [-0.4, -0.2) is 37.6 Å². The standard InChI is InChI=1S/C23H18N2O7S.3Cs/c24-10-14-1-3-15(4-2-14)19-7-8-20(33-19)16-5-6-17(18(9-16)32-13-23(30)31)25(11-21(26)27)12-22(28)29;;;/h1-9H,11-13H2,(H,26,27)(H,28,29)(H,30,31);;;/q;3*+1/p-3. The fourth-order valence-electron chi connectivity index (χ4n) is 3.08. The van der Waals surface area contributed by atoms with Crippen LogP contribution >= 0.6 is 11.3 Å². The number of anilines is 1. The van der Waals surface area contributed by atoms with Crippen LogP contribution in [0.5, 0.6) is 5.75 Å². The summed E-state index contributed by atoms with van der Waals surface area (Å²) in [5.74, 6) is -4.60. The Bertz CT molecular complexity index is 1230. The fraction of sp³-hybridized carbons (Fsp3) is 0.130. The predicted molar refractivity (Wildman–Crippen MR) is 113 cm³/mol. The molecule has 0 atom stereocenters. The summed E-state index contributed by atoms with van der Waals surface area (Å²) in [6.07, 6.45) is 0. The van der Waals surface area contributed by atoms with E-state index < -0.39 is 37.6 Å². The minimum atomic E-state index is -1.53. The van der Waals surface area contributed by atoms with Gasteiger partial charge in [-0.3, -0.25) is 0 Å². The molecule has 0 N–H and O–H groups in total. The normalized spacial score (nSPS) is 9.42. The van der Waals surface area contributed by atoms with Gasteiger partial charge in [0.05, 0.1) is 48.3 Å². The molecule has 0 unspecified atom stereocenters. The summed E-state index contributed by atoms with van der Waals surface area (Å²) < 4.78 is 5.27. The maximum Gasteiger partial charge on any atom is 1.00 e. The van der Waals surface area contributed by atoms with Crippen molar-refractivity contribution in [2.45, 2.75) is 0 Å². The molecule has 0 spiro atoms. The predicted octanol–water partition coefficient (Wildman–Crippen LogP) is -9.60. The zero-order chi connectivity index (χ0) is 24.0. The van der Waals surface area contributed by atoms with Crippen molar-refractivity contribution in [3.63, 3.8) is 0 Å². The molecular weight excluding hydrogens is 847 g/mol. The number of nitrogens with zero attached hydrogens (tertiary/aromatic N) is 2. The van der Waals surface area contributed by atoms with E-state index in [1.807, 2.05) is 24.3 Å². The zero-order valence-electron chi connectivity index (χ0n) is 20.0. The van der Waals surface area contributed by atoms with Gasteiger partial charge in [0.25, 0.3) is 0 Å². The van der Waals surface area contributed by atoms with E-state index in [2.05, 4.69) is 6.07 Å². The van der Waals surface area contributed by atoms with Crippen LogP contribution in [0.3, 0.4) is 0 Å². The molecule has 36 heavy (non-hydrogen) atoms. The first-order valence-corrected chi connectivity index (χ1v) is 10.3. The molecule has 0 fully saturated rings. The van der Waals surface area contributed by atoms with Crippen molar-refractivity contribution >= 4 is 34.9 Å². The second-order valence-electron chi connectivity index (χ2n) is 6.80. The van der Waals surface area contributed by atoms with Crippen molar-refractivity contribution < 1.29 is 241 Å². The Labute approximate surface area is 388 Å². The molecule has 3 aromatic rings. The van der Waals surface area contributed by atoms with Gasteiger partial charge in [0.1, 0.15) is 12.4 Å². The van der Waals surface area contributed by atoms with Gasteiger partial charge in [-0.05, 0) is 47.5 Å². The molecule has 0 saturated carbocycles.